The molecule has 0 N–H and O–H groups in total. The molecule has 1 aliphatic rings. The highest BCUT2D eigenvalue weighted by Crippen LogP contribution is 2.35. The van der Waals surface area contributed by atoms with E-state index in [1.165, 1.54) is 19.6 Å². The number of rotatable bonds is 4. The maximum Gasteiger partial charge on any atom is 0.331 e. The summed E-state index contributed by atoms with van der Waals surface area (Å²) in [6.45, 7) is 8.14. The Labute approximate surface area is 101 Å². The first-order valence-corrected chi connectivity index (χ1v) is 6.56. The molecule has 0 radical (unpaired) electrons. The van der Waals surface area contributed by atoms with Gasteiger partial charge in [-0.05, 0) is 20.5 Å². The third-order valence-electron chi connectivity index (χ3n) is 2.76. The monoisotopic (exact) mass is 252 g/mol. The van der Waals surface area contributed by atoms with Crippen LogP contribution in [0.4, 0.5) is 0 Å². The molecule has 0 aliphatic carbocycles. The van der Waals surface area contributed by atoms with E-state index in [9.17, 15) is 0 Å². The van der Waals surface area contributed by atoms with Gasteiger partial charge in [0, 0.05) is 34.4 Å². The summed E-state index contributed by atoms with van der Waals surface area (Å²) in [6.07, 6.45) is 0.662. The largest absolute Gasteiger partial charge is 0.331 e. The second-order valence-electron chi connectivity index (χ2n) is 3.51. The van der Waals surface area contributed by atoms with Crippen LogP contribution in [0.2, 0.25) is 0 Å². The molecule has 16 heavy (non-hydrogen) atoms. The van der Waals surface area contributed by atoms with Crippen molar-refractivity contribution in [2.45, 2.75) is 20.0 Å². The molecule has 0 spiro atoms. The van der Waals surface area contributed by atoms with Crippen LogP contribution in [-0.2, 0) is 13.6 Å². The van der Waals surface area contributed by atoms with E-state index < -0.39 is 8.60 Å². The standard InChI is InChI=1S/C7H16N2.C3H9O3P/c1-4-9-6-5-8(3)7(9)2;1-4-7(5-2)6-3/h7H,4-6H2,1-3H3;1-3H3. The molecule has 0 saturated carbocycles. The molecule has 0 aromatic heterocycles. The summed E-state index contributed by atoms with van der Waals surface area (Å²) in [7, 11) is 5.75. The predicted molar refractivity (Wildman–Crippen MR) is 67.3 cm³/mol. The van der Waals surface area contributed by atoms with Gasteiger partial charge < -0.3 is 13.6 Å². The van der Waals surface area contributed by atoms with Crippen LogP contribution in [-0.4, -0.2) is 64.0 Å². The van der Waals surface area contributed by atoms with Crippen LogP contribution >= 0.6 is 8.60 Å². The first-order chi connectivity index (χ1) is 7.60. The minimum atomic E-state index is -1.05. The van der Waals surface area contributed by atoms with Crippen LogP contribution in [0.1, 0.15) is 13.8 Å². The fraction of sp³-hybridized carbons (Fsp3) is 1.00. The van der Waals surface area contributed by atoms with E-state index in [4.69, 9.17) is 0 Å². The maximum atomic E-state index is 4.67. The van der Waals surface area contributed by atoms with Crippen LogP contribution in [0.3, 0.4) is 0 Å². The highest BCUT2D eigenvalue weighted by atomic mass is 31.2. The lowest BCUT2D eigenvalue weighted by molar-refractivity contribution is 0.184. The van der Waals surface area contributed by atoms with E-state index in [0.717, 1.165) is 0 Å². The van der Waals surface area contributed by atoms with Crippen LogP contribution in [0.5, 0.6) is 0 Å². The topological polar surface area (TPSA) is 34.2 Å². The van der Waals surface area contributed by atoms with Crippen molar-refractivity contribution < 1.29 is 13.6 Å². The zero-order valence-electron chi connectivity index (χ0n) is 11.3. The Kier molecular flexibility index (Phi) is 9.41. The Hall–Kier alpha value is 0.230. The van der Waals surface area contributed by atoms with Crippen LogP contribution in [0, 0.1) is 0 Å². The van der Waals surface area contributed by atoms with Gasteiger partial charge in [-0.15, -0.1) is 0 Å². The number of hydrogen-bond donors (Lipinski definition) is 0. The van der Waals surface area contributed by atoms with Gasteiger partial charge in [0.2, 0.25) is 0 Å². The van der Waals surface area contributed by atoms with Gasteiger partial charge in [-0.3, -0.25) is 9.80 Å². The molecule has 98 valence electrons. The summed E-state index contributed by atoms with van der Waals surface area (Å²) >= 11 is 0. The van der Waals surface area contributed by atoms with Gasteiger partial charge >= 0.3 is 8.60 Å². The molecule has 5 nitrogen and oxygen atoms in total. The van der Waals surface area contributed by atoms with Gasteiger partial charge in [0.25, 0.3) is 0 Å². The number of nitrogens with zero attached hydrogens (tertiary/aromatic N) is 2. The number of hydrogen-bond acceptors (Lipinski definition) is 5. The molecule has 0 amide bonds. The zero-order chi connectivity index (χ0) is 12.6. The molecule has 0 bridgehead atoms. The lowest BCUT2D eigenvalue weighted by Crippen LogP contribution is -2.33. The lowest BCUT2D eigenvalue weighted by atomic mass is 10.5. The normalized spacial score (nSPS) is 22.3. The van der Waals surface area contributed by atoms with Crippen LogP contribution < -0.4 is 0 Å². The van der Waals surface area contributed by atoms with Gasteiger partial charge in [-0.2, -0.15) is 0 Å². The molecule has 1 unspecified atom stereocenters. The van der Waals surface area contributed by atoms with Gasteiger partial charge in [-0.1, -0.05) is 6.92 Å². The van der Waals surface area contributed by atoms with Crippen LogP contribution in [0.15, 0.2) is 0 Å². The molecule has 1 rings (SSSR count). The summed E-state index contributed by atoms with van der Waals surface area (Å²) in [5, 5.41) is 0. The van der Waals surface area contributed by atoms with Crippen molar-refractivity contribution in [3.8, 4) is 0 Å². The summed E-state index contributed by atoms with van der Waals surface area (Å²) in [5.41, 5.74) is 0. The zero-order valence-corrected chi connectivity index (χ0v) is 12.2. The highest BCUT2D eigenvalue weighted by Gasteiger charge is 2.22. The van der Waals surface area contributed by atoms with Gasteiger partial charge in [0.1, 0.15) is 0 Å². The summed E-state index contributed by atoms with van der Waals surface area (Å²) in [5.74, 6) is 0. The van der Waals surface area contributed by atoms with E-state index in [2.05, 4.69) is 44.3 Å². The molecule has 1 fully saturated rings. The van der Waals surface area contributed by atoms with E-state index in [1.807, 2.05) is 0 Å². The minimum absolute atomic E-state index is 0.662. The average Bonchev–Trinajstić information content (AvgIpc) is 2.63. The minimum Gasteiger partial charge on any atom is -0.316 e. The van der Waals surface area contributed by atoms with Gasteiger partial charge in [0.15, 0.2) is 0 Å². The lowest BCUT2D eigenvalue weighted by Gasteiger charge is -2.22. The maximum absolute atomic E-state index is 4.67. The molecule has 1 heterocycles. The van der Waals surface area contributed by atoms with Crippen molar-refractivity contribution in [1.29, 1.82) is 0 Å². The summed E-state index contributed by atoms with van der Waals surface area (Å²) in [6, 6.07) is 0. The first-order valence-electron chi connectivity index (χ1n) is 5.47. The van der Waals surface area contributed by atoms with Gasteiger partial charge in [0.05, 0.1) is 6.17 Å². The third kappa shape index (κ3) is 5.53. The van der Waals surface area contributed by atoms with E-state index in [1.54, 1.807) is 21.3 Å². The Morgan fingerprint density at radius 3 is 1.75 bits per heavy atom. The summed E-state index contributed by atoms with van der Waals surface area (Å²) < 4.78 is 14.0. The summed E-state index contributed by atoms with van der Waals surface area (Å²) in [4.78, 5) is 4.85. The Morgan fingerprint density at radius 2 is 1.62 bits per heavy atom. The molecule has 0 aromatic rings. The van der Waals surface area contributed by atoms with E-state index in [0.29, 0.717) is 6.17 Å². The van der Waals surface area contributed by atoms with Crippen molar-refractivity contribution in [2.24, 2.45) is 0 Å². The molecule has 6 heteroatoms. The smallest absolute Gasteiger partial charge is 0.316 e. The average molecular weight is 252 g/mol. The fourth-order valence-electron chi connectivity index (χ4n) is 1.58. The predicted octanol–water partition coefficient (Wildman–Crippen LogP) is 1.75. The Balaban J connectivity index is 0.000000293. The SMILES string of the molecule is CCN1CCN(C)C1C.COP(OC)OC. The molecule has 0 aromatic carbocycles. The second-order valence-corrected chi connectivity index (χ2v) is 5.06. The highest BCUT2D eigenvalue weighted by molar-refractivity contribution is 7.41. The molecule has 1 saturated heterocycles. The van der Waals surface area contributed by atoms with E-state index >= 15 is 0 Å². The molecule has 1 atom stereocenters. The molecular weight excluding hydrogens is 227 g/mol. The van der Waals surface area contributed by atoms with Crippen molar-refractivity contribution in [2.75, 3.05) is 48.0 Å². The van der Waals surface area contributed by atoms with Crippen molar-refractivity contribution >= 4 is 8.60 Å². The first kappa shape index (κ1) is 16.2. The van der Waals surface area contributed by atoms with Crippen molar-refractivity contribution in [3.63, 3.8) is 0 Å². The molecular formula is C10H25N2O3P. The molecule has 1 aliphatic heterocycles. The van der Waals surface area contributed by atoms with Crippen molar-refractivity contribution in [3.05, 3.63) is 0 Å². The van der Waals surface area contributed by atoms with Crippen LogP contribution in [0.25, 0.3) is 0 Å². The Morgan fingerprint density at radius 1 is 1.12 bits per heavy atom. The number of likely N-dealkylation sites (N-methyl/N-ethyl adjacent to an activating group) is 2. The quantitative estimate of drug-likeness (QED) is 0.712. The van der Waals surface area contributed by atoms with Crippen molar-refractivity contribution in [1.82, 2.24) is 9.80 Å². The van der Waals surface area contributed by atoms with E-state index in [-0.39, 0.29) is 0 Å². The third-order valence-corrected chi connectivity index (χ3v) is 3.65. The Bertz CT molecular complexity index is 165. The second kappa shape index (κ2) is 9.28. The fourth-order valence-corrected chi connectivity index (χ4v) is 2.03. The van der Waals surface area contributed by atoms with Gasteiger partial charge in [-0.25, -0.2) is 0 Å².